The summed E-state index contributed by atoms with van der Waals surface area (Å²) < 4.78 is 22.8. The van der Waals surface area contributed by atoms with Crippen LogP contribution in [0.2, 0.25) is 18.1 Å². The van der Waals surface area contributed by atoms with Gasteiger partial charge in [0.2, 0.25) is 0 Å². The lowest BCUT2D eigenvalue weighted by Crippen LogP contribution is -2.45. The molecule has 6 heteroatoms. The summed E-state index contributed by atoms with van der Waals surface area (Å²) in [5.41, 5.74) is 0. The van der Waals surface area contributed by atoms with Crippen LogP contribution >= 0.6 is 0 Å². The van der Waals surface area contributed by atoms with Crippen molar-refractivity contribution >= 4 is 14.3 Å². The fourth-order valence-corrected chi connectivity index (χ4v) is 3.40. The summed E-state index contributed by atoms with van der Waals surface area (Å²) >= 11 is 0. The molecule has 0 aliphatic carbocycles. The van der Waals surface area contributed by atoms with Crippen LogP contribution < -0.4 is 0 Å². The maximum absolute atomic E-state index is 12.1. The van der Waals surface area contributed by atoms with E-state index < -0.39 is 8.32 Å². The van der Waals surface area contributed by atoms with E-state index in [0.29, 0.717) is 32.2 Å². The molecule has 0 aromatic heterocycles. The average molecular weight is 347 g/mol. The van der Waals surface area contributed by atoms with Gasteiger partial charge in [-0.05, 0) is 24.1 Å². The van der Waals surface area contributed by atoms with E-state index in [0.717, 1.165) is 0 Å². The lowest BCUT2D eigenvalue weighted by Gasteiger charge is -2.39. The Morgan fingerprint density at radius 2 is 1.78 bits per heavy atom. The zero-order valence-electron chi connectivity index (χ0n) is 15.8. The molecule has 136 valence electrons. The van der Waals surface area contributed by atoms with Crippen LogP contribution in [0.5, 0.6) is 0 Å². The first kappa shape index (κ1) is 20.6. The first-order chi connectivity index (χ1) is 10.5. The second kappa shape index (κ2) is 8.60. The molecular weight excluding hydrogens is 312 g/mol. The number of carbonyl (C=O) groups is 1. The second-order valence-electron chi connectivity index (χ2n) is 8.19. The molecule has 0 radical (unpaired) electrons. The van der Waals surface area contributed by atoms with Crippen molar-refractivity contribution in [2.45, 2.75) is 78.0 Å². The Bertz CT molecular complexity index is 370. The lowest BCUT2D eigenvalue weighted by atomic mass is 10.2. The minimum absolute atomic E-state index is 0.0878. The number of hydrogen-bond acceptors (Lipinski definition) is 5. The first-order valence-corrected chi connectivity index (χ1v) is 11.5. The van der Waals surface area contributed by atoms with Crippen molar-refractivity contribution in [2.75, 3.05) is 19.8 Å². The van der Waals surface area contributed by atoms with Gasteiger partial charge in [0.05, 0.1) is 32.3 Å². The van der Waals surface area contributed by atoms with E-state index in [4.69, 9.17) is 18.6 Å². The normalized spacial score (nSPS) is 18.4. The predicted molar refractivity (Wildman–Crippen MR) is 92.8 cm³/mol. The van der Waals surface area contributed by atoms with Gasteiger partial charge in [-0.1, -0.05) is 34.6 Å². The van der Waals surface area contributed by atoms with Crippen molar-refractivity contribution in [1.82, 2.24) is 0 Å². The van der Waals surface area contributed by atoms with E-state index in [-0.39, 0.29) is 29.8 Å². The van der Waals surface area contributed by atoms with Gasteiger partial charge >= 0.3 is 5.97 Å². The van der Waals surface area contributed by atoms with Crippen LogP contribution in [0.25, 0.3) is 0 Å². The summed E-state index contributed by atoms with van der Waals surface area (Å²) in [6, 6.07) is 0. The van der Waals surface area contributed by atoms with Crippen molar-refractivity contribution < 1.29 is 23.4 Å². The summed E-state index contributed by atoms with van der Waals surface area (Å²) in [5.74, 6) is 0.126. The molecule has 0 unspecified atom stereocenters. The third-order valence-electron chi connectivity index (χ3n) is 4.39. The van der Waals surface area contributed by atoms with Gasteiger partial charge in [0.1, 0.15) is 0 Å². The van der Waals surface area contributed by atoms with Crippen LogP contribution in [0.3, 0.4) is 0 Å². The topological polar surface area (TPSA) is 54.0 Å². The highest BCUT2D eigenvalue weighted by atomic mass is 28.4. The molecule has 0 spiro atoms. The highest BCUT2D eigenvalue weighted by Crippen LogP contribution is 2.38. The Kier molecular flexibility index (Phi) is 7.71. The van der Waals surface area contributed by atoms with Crippen LogP contribution in [-0.2, 0) is 23.4 Å². The third-order valence-corrected chi connectivity index (χ3v) is 8.92. The Balaban J connectivity index is 2.66. The molecule has 1 atom stereocenters. The van der Waals surface area contributed by atoms with Crippen LogP contribution in [0.1, 0.15) is 47.5 Å². The molecule has 1 fully saturated rings. The van der Waals surface area contributed by atoms with Gasteiger partial charge in [-0.25, -0.2) is 0 Å². The second-order valence-corrected chi connectivity index (χ2v) is 12.9. The van der Waals surface area contributed by atoms with E-state index in [9.17, 15) is 4.79 Å². The average Bonchev–Trinajstić information content (AvgIpc) is 2.87. The molecule has 23 heavy (non-hydrogen) atoms. The van der Waals surface area contributed by atoms with E-state index in [1.165, 1.54) is 0 Å². The number of ether oxygens (including phenoxy) is 3. The number of rotatable bonds is 8. The quantitative estimate of drug-likeness (QED) is 0.495. The van der Waals surface area contributed by atoms with E-state index in [2.05, 4.69) is 33.9 Å². The molecule has 1 rings (SSSR count). The summed E-state index contributed by atoms with van der Waals surface area (Å²) in [7, 11) is -1.97. The number of hydrogen-bond donors (Lipinski definition) is 0. The Labute approximate surface area is 142 Å². The maximum atomic E-state index is 12.1. The van der Waals surface area contributed by atoms with Crippen molar-refractivity contribution in [2.24, 2.45) is 5.92 Å². The smallest absolute Gasteiger partial charge is 0.308 e. The number of esters is 1. The van der Waals surface area contributed by atoms with Gasteiger partial charge in [0.25, 0.3) is 0 Å². The van der Waals surface area contributed by atoms with E-state index in [1.54, 1.807) is 0 Å². The molecule has 0 amide bonds. The molecule has 1 saturated heterocycles. The molecule has 0 N–H and O–H groups in total. The Hall–Kier alpha value is -0.433. The zero-order chi connectivity index (χ0) is 17.7. The minimum Gasteiger partial charge on any atom is -0.465 e. The molecule has 0 saturated carbocycles. The summed E-state index contributed by atoms with van der Waals surface area (Å²) in [6.07, 6.45) is 0.326. The van der Waals surface area contributed by atoms with Gasteiger partial charge in [-0.3, -0.25) is 4.79 Å². The molecule has 1 aliphatic heterocycles. The molecule has 1 aliphatic rings. The van der Waals surface area contributed by atoms with Crippen molar-refractivity contribution in [3.05, 3.63) is 0 Å². The van der Waals surface area contributed by atoms with Crippen LogP contribution in [-0.4, -0.2) is 46.5 Å². The molecular formula is C17H34O5Si. The standard InChI is InChI=1S/C17H34O5Si/c1-13(2)12-21-15(18)10-14(11-16-19-8-9-20-16)22-23(6,7)17(3,4)5/h13-14,16H,8-12H2,1-7H3/t14-/m1/s1. The van der Waals surface area contributed by atoms with Crippen LogP contribution in [0, 0.1) is 5.92 Å². The summed E-state index contributed by atoms with van der Waals surface area (Å²) in [5, 5.41) is 0.0878. The predicted octanol–water partition coefficient (Wildman–Crippen LogP) is 3.73. The lowest BCUT2D eigenvalue weighted by molar-refractivity contribution is -0.148. The van der Waals surface area contributed by atoms with E-state index >= 15 is 0 Å². The van der Waals surface area contributed by atoms with Gasteiger partial charge in [0.15, 0.2) is 14.6 Å². The minimum atomic E-state index is -1.97. The van der Waals surface area contributed by atoms with Gasteiger partial charge in [0, 0.05) is 6.42 Å². The van der Waals surface area contributed by atoms with Gasteiger partial charge < -0.3 is 18.6 Å². The SMILES string of the molecule is CC(C)COC(=O)C[C@H](CC1OCCO1)O[Si](C)(C)C(C)(C)C. The van der Waals surface area contributed by atoms with Gasteiger partial charge in [-0.15, -0.1) is 0 Å². The van der Waals surface area contributed by atoms with Crippen molar-refractivity contribution in [1.29, 1.82) is 0 Å². The Morgan fingerprint density at radius 3 is 2.26 bits per heavy atom. The molecule has 1 heterocycles. The summed E-state index contributed by atoms with van der Waals surface area (Å²) in [6.45, 7) is 16.7. The van der Waals surface area contributed by atoms with E-state index in [1.807, 2.05) is 13.8 Å². The Morgan fingerprint density at radius 1 is 1.22 bits per heavy atom. The summed E-state index contributed by atoms with van der Waals surface area (Å²) in [4.78, 5) is 12.1. The largest absolute Gasteiger partial charge is 0.465 e. The van der Waals surface area contributed by atoms with Crippen LogP contribution in [0.4, 0.5) is 0 Å². The molecule has 0 bridgehead atoms. The van der Waals surface area contributed by atoms with Crippen molar-refractivity contribution in [3.8, 4) is 0 Å². The first-order valence-electron chi connectivity index (χ1n) is 8.58. The highest BCUT2D eigenvalue weighted by Gasteiger charge is 2.40. The van der Waals surface area contributed by atoms with Gasteiger partial charge in [-0.2, -0.15) is 0 Å². The van der Waals surface area contributed by atoms with Crippen LogP contribution in [0.15, 0.2) is 0 Å². The number of carbonyl (C=O) groups excluding carboxylic acids is 1. The third kappa shape index (κ3) is 7.33. The monoisotopic (exact) mass is 346 g/mol. The molecule has 5 nitrogen and oxygen atoms in total. The molecule has 0 aromatic carbocycles. The zero-order valence-corrected chi connectivity index (χ0v) is 16.8. The fourth-order valence-electron chi connectivity index (χ4n) is 2.03. The van der Waals surface area contributed by atoms with Crippen molar-refractivity contribution in [3.63, 3.8) is 0 Å². The maximum Gasteiger partial charge on any atom is 0.308 e. The molecule has 0 aromatic rings. The highest BCUT2D eigenvalue weighted by molar-refractivity contribution is 6.74. The fraction of sp³-hybridized carbons (Fsp3) is 0.941.